The molecule has 1 heterocycles. The van der Waals surface area contributed by atoms with Crippen molar-refractivity contribution in [1.82, 2.24) is 4.90 Å². The van der Waals surface area contributed by atoms with Gasteiger partial charge in [0.15, 0.2) is 11.5 Å². The van der Waals surface area contributed by atoms with Gasteiger partial charge in [-0.3, -0.25) is 4.79 Å². The summed E-state index contributed by atoms with van der Waals surface area (Å²) in [4.78, 5) is 14.7. The molecule has 0 N–H and O–H groups in total. The first-order valence-corrected chi connectivity index (χ1v) is 9.62. The van der Waals surface area contributed by atoms with Crippen molar-refractivity contribution in [3.05, 3.63) is 53.1 Å². The van der Waals surface area contributed by atoms with Crippen molar-refractivity contribution >= 4 is 17.7 Å². The maximum absolute atomic E-state index is 12.8. The molecule has 150 valence electrons. The minimum atomic E-state index is -4.39. The normalized spacial score (nSPS) is 13.8. The summed E-state index contributed by atoms with van der Waals surface area (Å²) in [6.07, 6.45) is -3.70. The molecule has 1 aliphatic heterocycles. The molecular formula is C20H20F3NO3S. The monoisotopic (exact) mass is 411 g/mol. The molecule has 0 saturated heterocycles. The van der Waals surface area contributed by atoms with Crippen LogP contribution < -0.4 is 9.47 Å². The lowest BCUT2D eigenvalue weighted by Crippen LogP contribution is -2.37. The van der Waals surface area contributed by atoms with Crippen LogP contribution in [-0.2, 0) is 23.9 Å². The summed E-state index contributed by atoms with van der Waals surface area (Å²) in [5.41, 5.74) is 1.38. The number of alkyl halides is 3. The number of halogens is 3. The van der Waals surface area contributed by atoms with E-state index < -0.39 is 11.7 Å². The van der Waals surface area contributed by atoms with Gasteiger partial charge in [0.1, 0.15) is 0 Å². The van der Waals surface area contributed by atoms with Crippen molar-refractivity contribution < 1.29 is 27.4 Å². The topological polar surface area (TPSA) is 38.8 Å². The van der Waals surface area contributed by atoms with Gasteiger partial charge in [0.25, 0.3) is 0 Å². The van der Waals surface area contributed by atoms with Crippen LogP contribution in [0, 0.1) is 0 Å². The smallest absolute Gasteiger partial charge is 0.416 e. The Morgan fingerprint density at radius 2 is 1.79 bits per heavy atom. The summed E-state index contributed by atoms with van der Waals surface area (Å²) in [5.74, 6) is 1.24. The maximum atomic E-state index is 12.8. The Morgan fingerprint density at radius 1 is 1.11 bits per heavy atom. The van der Waals surface area contributed by atoms with Crippen molar-refractivity contribution in [2.24, 2.45) is 0 Å². The highest BCUT2D eigenvalue weighted by molar-refractivity contribution is 8.00. The molecule has 0 atom stereocenters. The average molecular weight is 411 g/mol. The summed E-state index contributed by atoms with van der Waals surface area (Å²) >= 11 is 1.11. The van der Waals surface area contributed by atoms with Crippen LogP contribution in [0.3, 0.4) is 0 Å². The highest BCUT2D eigenvalue weighted by Gasteiger charge is 2.30. The number of benzene rings is 2. The molecule has 2 aromatic rings. The largest absolute Gasteiger partial charge is 0.493 e. The van der Waals surface area contributed by atoms with E-state index in [0.717, 1.165) is 35.0 Å². The molecule has 0 unspecified atom stereocenters. The van der Waals surface area contributed by atoms with E-state index in [2.05, 4.69) is 0 Å². The zero-order chi connectivity index (χ0) is 20.3. The predicted molar refractivity (Wildman–Crippen MR) is 101 cm³/mol. The van der Waals surface area contributed by atoms with Gasteiger partial charge in [-0.2, -0.15) is 13.2 Å². The lowest BCUT2D eigenvalue weighted by Gasteiger charge is -2.29. The van der Waals surface area contributed by atoms with Gasteiger partial charge < -0.3 is 14.4 Å². The van der Waals surface area contributed by atoms with Gasteiger partial charge in [0.2, 0.25) is 5.91 Å². The molecule has 1 aliphatic rings. The van der Waals surface area contributed by atoms with E-state index in [4.69, 9.17) is 9.47 Å². The van der Waals surface area contributed by atoms with Crippen LogP contribution in [0.1, 0.15) is 16.7 Å². The van der Waals surface area contributed by atoms with E-state index in [-0.39, 0.29) is 11.7 Å². The number of rotatable bonds is 5. The zero-order valence-electron chi connectivity index (χ0n) is 15.5. The van der Waals surface area contributed by atoms with Crippen molar-refractivity contribution in [2.75, 3.05) is 26.5 Å². The number of ether oxygens (including phenoxy) is 2. The molecule has 4 nitrogen and oxygen atoms in total. The predicted octanol–water partition coefficient (Wildman–Crippen LogP) is 4.40. The highest BCUT2D eigenvalue weighted by Crippen LogP contribution is 2.34. The number of hydrogen-bond donors (Lipinski definition) is 0. The molecule has 0 fully saturated rings. The number of carbonyl (C=O) groups excluding carboxylic acids is 1. The lowest BCUT2D eigenvalue weighted by atomic mass is 9.99. The van der Waals surface area contributed by atoms with E-state index in [1.54, 1.807) is 25.2 Å². The number of carbonyl (C=O) groups is 1. The Balaban J connectivity index is 1.65. The van der Waals surface area contributed by atoms with E-state index in [1.165, 1.54) is 6.07 Å². The minimum Gasteiger partial charge on any atom is -0.493 e. The summed E-state index contributed by atoms with van der Waals surface area (Å²) < 4.78 is 49.1. The van der Waals surface area contributed by atoms with Crippen LogP contribution in [0.15, 0.2) is 41.3 Å². The fourth-order valence-electron chi connectivity index (χ4n) is 3.09. The minimum absolute atomic E-state index is 0.0872. The van der Waals surface area contributed by atoms with Gasteiger partial charge in [-0.15, -0.1) is 11.8 Å². The molecule has 0 bridgehead atoms. The third kappa shape index (κ3) is 4.55. The quantitative estimate of drug-likeness (QED) is 0.684. The van der Waals surface area contributed by atoms with Gasteiger partial charge in [0, 0.05) is 18.0 Å². The van der Waals surface area contributed by atoms with E-state index in [0.29, 0.717) is 35.9 Å². The Bertz CT molecular complexity index is 870. The van der Waals surface area contributed by atoms with Crippen molar-refractivity contribution in [2.45, 2.75) is 24.0 Å². The van der Waals surface area contributed by atoms with Gasteiger partial charge in [-0.25, -0.2) is 0 Å². The van der Waals surface area contributed by atoms with Crippen molar-refractivity contribution in [1.29, 1.82) is 0 Å². The van der Waals surface area contributed by atoms with E-state index in [1.807, 2.05) is 12.1 Å². The highest BCUT2D eigenvalue weighted by atomic mass is 32.2. The van der Waals surface area contributed by atoms with Crippen LogP contribution in [0.2, 0.25) is 0 Å². The first-order valence-electron chi connectivity index (χ1n) is 8.63. The molecule has 0 radical (unpaired) electrons. The molecule has 0 aliphatic carbocycles. The summed E-state index contributed by atoms with van der Waals surface area (Å²) in [7, 11) is 3.13. The number of amides is 1. The van der Waals surface area contributed by atoms with E-state index >= 15 is 0 Å². The first-order chi connectivity index (χ1) is 13.3. The summed E-state index contributed by atoms with van der Waals surface area (Å²) in [5, 5.41) is 0. The number of thioether (sulfide) groups is 1. The molecule has 28 heavy (non-hydrogen) atoms. The average Bonchev–Trinajstić information content (AvgIpc) is 2.70. The first kappa shape index (κ1) is 20.4. The van der Waals surface area contributed by atoms with Gasteiger partial charge in [-0.05, 0) is 47.9 Å². The van der Waals surface area contributed by atoms with Crippen LogP contribution in [0.5, 0.6) is 11.5 Å². The maximum Gasteiger partial charge on any atom is 0.416 e. The standard InChI is InChI=1S/C20H20F3NO3S/c1-26-17-8-13-6-7-24(11-14(13)9-18(17)27-2)19(25)12-28-16-5-3-4-15(10-16)20(21,22)23/h3-5,8-10H,6-7,11-12H2,1-2H3. The van der Waals surface area contributed by atoms with Crippen LogP contribution in [0.25, 0.3) is 0 Å². The molecule has 0 spiro atoms. The molecule has 1 amide bonds. The van der Waals surface area contributed by atoms with Crippen LogP contribution in [-0.4, -0.2) is 37.3 Å². The summed E-state index contributed by atoms with van der Waals surface area (Å²) in [6, 6.07) is 8.82. The third-order valence-electron chi connectivity index (χ3n) is 4.59. The van der Waals surface area contributed by atoms with Gasteiger partial charge in [0.05, 0.1) is 25.5 Å². The van der Waals surface area contributed by atoms with Crippen LogP contribution >= 0.6 is 11.8 Å². The third-order valence-corrected chi connectivity index (χ3v) is 5.57. The lowest BCUT2D eigenvalue weighted by molar-refractivity contribution is -0.137. The SMILES string of the molecule is COc1cc2c(cc1OC)CN(C(=O)CSc1cccc(C(F)(F)F)c1)CC2. The Hall–Kier alpha value is -2.35. The molecule has 2 aromatic carbocycles. The van der Waals surface area contributed by atoms with Gasteiger partial charge in [-0.1, -0.05) is 6.07 Å². The van der Waals surface area contributed by atoms with E-state index in [9.17, 15) is 18.0 Å². The second-order valence-electron chi connectivity index (χ2n) is 6.36. The molecule has 0 aromatic heterocycles. The van der Waals surface area contributed by atoms with Crippen LogP contribution in [0.4, 0.5) is 13.2 Å². The number of nitrogens with zero attached hydrogens (tertiary/aromatic N) is 1. The van der Waals surface area contributed by atoms with Crippen molar-refractivity contribution in [3.63, 3.8) is 0 Å². The second kappa shape index (κ2) is 8.34. The second-order valence-corrected chi connectivity index (χ2v) is 7.40. The fourth-order valence-corrected chi connectivity index (χ4v) is 3.95. The number of methoxy groups -OCH3 is 2. The van der Waals surface area contributed by atoms with Crippen molar-refractivity contribution in [3.8, 4) is 11.5 Å². The molecule has 0 saturated carbocycles. The fraction of sp³-hybridized carbons (Fsp3) is 0.350. The molecule has 8 heteroatoms. The Labute approximate surface area is 165 Å². The number of fused-ring (bicyclic) bond motifs is 1. The number of hydrogen-bond acceptors (Lipinski definition) is 4. The zero-order valence-corrected chi connectivity index (χ0v) is 16.3. The molecule has 3 rings (SSSR count). The van der Waals surface area contributed by atoms with Gasteiger partial charge >= 0.3 is 6.18 Å². The molecular weight excluding hydrogens is 391 g/mol. The Kier molecular flexibility index (Phi) is 6.07. The summed E-state index contributed by atoms with van der Waals surface area (Å²) in [6.45, 7) is 1.00. The Morgan fingerprint density at radius 3 is 2.43 bits per heavy atom.